The van der Waals surface area contributed by atoms with Crippen LogP contribution in [0.5, 0.6) is 0 Å². The molecule has 0 spiro atoms. The lowest BCUT2D eigenvalue weighted by molar-refractivity contribution is -0.0521. The fourth-order valence-electron chi connectivity index (χ4n) is 4.05. The molecule has 0 unspecified atom stereocenters. The van der Waals surface area contributed by atoms with Gasteiger partial charge in [0.15, 0.2) is 0 Å². The van der Waals surface area contributed by atoms with E-state index in [1.807, 2.05) is 121 Å². The molecular weight excluding hydrogens is 965 g/mol. The van der Waals surface area contributed by atoms with Gasteiger partial charge in [-0.05, 0) is 124 Å². The van der Waals surface area contributed by atoms with Gasteiger partial charge in [0.25, 0.3) is 0 Å². The van der Waals surface area contributed by atoms with Crippen molar-refractivity contribution in [3.63, 3.8) is 0 Å². The molecular formula is C51H44O15Si4. The first kappa shape index (κ1) is 60.3. The van der Waals surface area contributed by atoms with Gasteiger partial charge in [-0.25, -0.2) is 0 Å². The van der Waals surface area contributed by atoms with E-state index < -0.39 is 36.2 Å². The summed E-state index contributed by atoms with van der Waals surface area (Å²) in [6, 6.07) is 40.0. The van der Waals surface area contributed by atoms with Gasteiger partial charge < -0.3 is 69.8 Å². The van der Waals surface area contributed by atoms with E-state index in [9.17, 15) is 0 Å². The highest BCUT2D eigenvalue weighted by atomic mass is 28.5. The molecule has 0 atom stereocenters. The molecule has 0 amide bonds. The van der Waals surface area contributed by atoms with Crippen LogP contribution in [-0.4, -0.2) is 84.1 Å². The lowest BCUT2D eigenvalue weighted by Crippen LogP contribution is -2.53. The van der Waals surface area contributed by atoms with Gasteiger partial charge in [-0.3, -0.25) is 0 Å². The summed E-state index contributed by atoms with van der Waals surface area (Å²) in [4.78, 5) is 76.9. The highest BCUT2D eigenvalue weighted by Crippen LogP contribution is 2.21. The predicted octanol–water partition coefficient (Wildman–Crippen LogP) is 0.428. The Morgan fingerprint density at radius 3 is 0.729 bits per heavy atom. The highest BCUT2D eigenvalue weighted by molar-refractivity contribution is 6.63. The van der Waals surface area contributed by atoms with Crippen molar-refractivity contribution < 1.29 is 71.2 Å². The molecule has 0 aliphatic heterocycles. The quantitative estimate of drug-likeness (QED) is 0.0608. The smallest absolute Gasteiger partial charge is 0.368 e. The van der Waals surface area contributed by atoms with Crippen LogP contribution in [0.2, 0.25) is 0 Å². The van der Waals surface area contributed by atoms with Gasteiger partial charge in [0.2, 0.25) is 0 Å². The Bertz CT molecular complexity index is 2720. The summed E-state index contributed by atoms with van der Waals surface area (Å²) in [5.41, 5.74) is 4.13. The second-order valence-corrected chi connectivity index (χ2v) is 18.7. The van der Waals surface area contributed by atoms with Crippen molar-refractivity contribution >= 4 is 36.2 Å². The summed E-state index contributed by atoms with van der Waals surface area (Å²) in [5.74, 6) is 51.9. The van der Waals surface area contributed by atoms with Crippen LogP contribution in [0.4, 0.5) is 0 Å². The normalized spacial score (nSPS) is 9.29. The summed E-state index contributed by atoms with van der Waals surface area (Å²) in [5, 5.41) is 0. The zero-order valence-electron chi connectivity index (χ0n) is 37.0. The second-order valence-electron chi connectivity index (χ2n) is 12.2. The average molecular weight is 1010 g/mol. The van der Waals surface area contributed by atoms with Gasteiger partial charge >= 0.3 is 36.2 Å². The molecule has 0 aromatic heterocycles. The van der Waals surface area contributed by atoms with Crippen LogP contribution in [0, 0.1) is 131 Å². The average Bonchev–Trinajstić information content (AvgIpc) is 3.32. The number of rotatable bonds is 14. The van der Waals surface area contributed by atoms with Crippen LogP contribution in [0.15, 0.2) is 121 Å². The van der Waals surface area contributed by atoms with Crippen molar-refractivity contribution in [2.24, 2.45) is 0 Å². The van der Waals surface area contributed by atoms with E-state index in [-0.39, 0.29) is 1.43 Å². The number of benzene rings is 4. The Labute approximate surface area is 413 Å². The number of terminal acetylenes is 1. The molecule has 0 aliphatic carbocycles. The fraction of sp³-hybridized carbons (Fsp3) is 0.0980. The molecule has 0 saturated heterocycles. The van der Waals surface area contributed by atoms with Crippen molar-refractivity contribution in [1.82, 2.24) is 0 Å². The topological polar surface area (TPSA) is 248 Å². The number of hydrogen-bond donors (Lipinski definition) is 10. The van der Waals surface area contributed by atoms with Crippen LogP contribution in [0.1, 0.15) is 30.6 Å². The third-order valence-corrected chi connectivity index (χ3v) is 10.8. The van der Waals surface area contributed by atoms with E-state index >= 15 is 0 Å². The number of hydrogen-bond acceptors (Lipinski definition) is 15. The molecule has 0 radical (unpaired) electrons. The molecule has 0 saturated carbocycles. The van der Waals surface area contributed by atoms with Gasteiger partial charge in [0.1, 0.15) is 0 Å². The zero-order valence-corrected chi connectivity index (χ0v) is 41.0. The second kappa shape index (κ2) is 36.4. The van der Waals surface area contributed by atoms with Crippen molar-refractivity contribution in [2.45, 2.75) is 33.4 Å². The Morgan fingerprint density at radius 2 is 0.557 bits per heavy atom. The third kappa shape index (κ3) is 38.4. The zero-order chi connectivity index (χ0) is 51.7. The molecule has 4 aromatic carbocycles. The van der Waals surface area contributed by atoms with E-state index in [0.717, 1.165) is 22.3 Å². The van der Waals surface area contributed by atoms with Crippen molar-refractivity contribution in [3.8, 4) is 131 Å². The molecule has 0 bridgehead atoms. The molecule has 15 nitrogen and oxygen atoms in total. The Morgan fingerprint density at radius 1 is 0.357 bits per heavy atom. The van der Waals surface area contributed by atoms with E-state index in [0.29, 0.717) is 26.4 Å². The van der Waals surface area contributed by atoms with E-state index in [1.165, 1.54) is 0 Å². The first-order valence-corrected chi connectivity index (χ1v) is 26.4. The third-order valence-electron chi connectivity index (χ3n) is 6.63. The van der Waals surface area contributed by atoms with Crippen LogP contribution in [0.3, 0.4) is 0 Å². The van der Waals surface area contributed by atoms with E-state index in [1.54, 1.807) is 6.92 Å². The summed E-state index contributed by atoms with van der Waals surface area (Å²) >= 11 is 0. The SMILES string of the molecule is C#CC#CC#CC#CC#CC#CC#CC#CC#CC#CC#CC.O[Si](O)(O)O.O[Si](O)(O)O[Si](O)(O)O.[HH].c1ccc(CO[Si](OCc2ccccc2)(OCc2ccccc2)OCc2ccccc2)cc1. The molecule has 70 heavy (non-hydrogen) atoms. The Hall–Kier alpha value is -7.69. The van der Waals surface area contributed by atoms with Crippen molar-refractivity contribution in [2.75, 3.05) is 0 Å². The molecule has 4 aromatic rings. The van der Waals surface area contributed by atoms with Crippen LogP contribution in [-0.2, 0) is 48.2 Å². The summed E-state index contributed by atoms with van der Waals surface area (Å²) in [7, 11) is -18.1. The molecule has 354 valence electrons. The fourth-order valence-corrected chi connectivity index (χ4v) is 7.39. The maximum atomic E-state index is 7.94. The van der Waals surface area contributed by atoms with Crippen molar-refractivity contribution in [3.05, 3.63) is 144 Å². The van der Waals surface area contributed by atoms with Crippen molar-refractivity contribution in [1.29, 1.82) is 0 Å². The van der Waals surface area contributed by atoms with Crippen LogP contribution in [0.25, 0.3) is 0 Å². The maximum absolute atomic E-state index is 7.94. The van der Waals surface area contributed by atoms with Crippen LogP contribution < -0.4 is 0 Å². The molecule has 19 heteroatoms. The lowest BCUT2D eigenvalue weighted by atomic mass is 10.2. The lowest BCUT2D eigenvalue weighted by Gasteiger charge is -2.28. The van der Waals surface area contributed by atoms with Crippen LogP contribution >= 0.6 is 0 Å². The summed E-state index contributed by atoms with van der Waals surface area (Å²) < 4.78 is 28.6. The Balaban J connectivity index is 0.00000112. The van der Waals surface area contributed by atoms with Gasteiger partial charge in [-0.1, -0.05) is 127 Å². The monoisotopic (exact) mass is 1010 g/mol. The summed E-state index contributed by atoms with van der Waals surface area (Å²) in [6.45, 7) is 3.05. The van der Waals surface area contributed by atoms with E-state index in [4.69, 9.17) is 72.1 Å². The minimum atomic E-state index is -4.98. The molecule has 0 aliphatic rings. The first-order valence-electron chi connectivity index (χ1n) is 19.5. The maximum Gasteiger partial charge on any atom is 0.680 e. The van der Waals surface area contributed by atoms with Gasteiger partial charge in [-0.15, -0.1) is 6.42 Å². The molecule has 10 N–H and O–H groups in total. The summed E-state index contributed by atoms with van der Waals surface area (Å²) in [6.07, 6.45) is 4.90. The van der Waals surface area contributed by atoms with Gasteiger partial charge in [0.05, 0.1) is 26.4 Å². The minimum Gasteiger partial charge on any atom is -0.368 e. The van der Waals surface area contributed by atoms with Gasteiger partial charge in [-0.2, -0.15) is 0 Å². The van der Waals surface area contributed by atoms with Gasteiger partial charge in [0, 0.05) is 25.1 Å². The largest absolute Gasteiger partial charge is 0.680 e. The molecule has 4 rings (SSSR count). The van der Waals surface area contributed by atoms with E-state index in [2.05, 4.69) is 128 Å². The molecule has 0 heterocycles. The first-order chi connectivity index (χ1) is 33.4. The predicted molar refractivity (Wildman–Crippen MR) is 266 cm³/mol. The standard InChI is InChI=1S/C28H28O4Si.C23H4.H6O7Si2.H4O4Si.H2/c1-5-13-25(14-6-1)21-29-33(30-22-26-15-7-2-8-16-26,31-23-27-17-9-3-10-18-27)32-24-28-19-11-4-12-20-28;1-3-5-7-9-11-13-15-17-19-21-23-22-20-18-16-14-12-10-8-6-4-2;1-8(2,3)7-9(4,5)6;1-5(2,3)4;/h1-20H,21-24H2;1H,2H3;1-6H;1-4H;1H. The Kier molecular flexibility index (Phi) is 31.3. The minimum absolute atomic E-state index is 0. The highest BCUT2D eigenvalue weighted by Gasteiger charge is 2.47. The molecule has 0 fully saturated rings.